The van der Waals surface area contributed by atoms with Crippen molar-refractivity contribution in [2.75, 3.05) is 20.8 Å². The standard InChI is InChI=1S/C13H13Br2NO4/c1-19-11-8(14)5-7(6-9(11)15)12(17)16-4-3-10(16)13(18)20-2/h5-6,10H,3-4H2,1-2H3. The summed E-state index contributed by atoms with van der Waals surface area (Å²) < 4.78 is 11.2. The van der Waals surface area contributed by atoms with Crippen LogP contribution in [-0.4, -0.2) is 43.6 Å². The molecule has 20 heavy (non-hydrogen) atoms. The van der Waals surface area contributed by atoms with Gasteiger partial charge >= 0.3 is 5.97 Å². The second kappa shape index (κ2) is 6.13. The Balaban J connectivity index is 2.24. The third-order valence-electron chi connectivity index (χ3n) is 3.20. The van der Waals surface area contributed by atoms with E-state index in [4.69, 9.17) is 4.74 Å². The zero-order chi connectivity index (χ0) is 14.9. The van der Waals surface area contributed by atoms with Crippen LogP contribution < -0.4 is 4.74 Å². The molecule has 7 heteroatoms. The van der Waals surface area contributed by atoms with Crippen molar-refractivity contribution in [3.05, 3.63) is 26.6 Å². The van der Waals surface area contributed by atoms with Crippen molar-refractivity contribution < 1.29 is 19.1 Å². The van der Waals surface area contributed by atoms with Crippen LogP contribution >= 0.6 is 31.9 Å². The van der Waals surface area contributed by atoms with Crippen LogP contribution in [0.5, 0.6) is 5.75 Å². The molecule has 2 rings (SSSR count). The fraction of sp³-hybridized carbons (Fsp3) is 0.385. The van der Waals surface area contributed by atoms with Crippen LogP contribution in [0.15, 0.2) is 21.1 Å². The molecule has 0 saturated carbocycles. The van der Waals surface area contributed by atoms with E-state index in [1.54, 1.807) is 19.2 Å². The van der Waals surface area contributed by atoms with Crippen molar-refractivity contribution in [3.63, 3.8) is 0 Å². The van der Waals surface area contributed by atoms with Crippen molar-refractivity contribution >= 4 is 43.7 Å². The smallest absolute Gasteiger partial charge is 0.328 e. The van der Waals surface area contributed by atoms with E-state index >= 15 is 0 Å². The zero-order valence-electron chi connectivity index (χ0n) is 11.0. The summed E-state index contributed by atoms with van der Waals surface area (Å²) in [5.41, 5.74) is 0.484. The molecule has 1 atom stereocenters. The predicted octanol–water partition coefficient (Wildman–Crippen LogP) is 2.61. The first-order valence-electron chi connectivity index (χ1n) is 5.91. The van der Waals surface area contributed by atoms with Crippen LogP contribution in [0.3, 0.4) is 0 Å². The number of hydrogen-bond donors (Lipinski definition) is 0. The highest BCUT2D eigenvalue weighted by Crippen LogP contribution is 2.35. The first-order chi connectivity index (χ1) is 9.49. The Morgan fingerprint density at radius 2 is 1.85 bits per heavy atom. The van der Waals surface area contributed by atoms with E-state index < -0.39 is 6.04 Å². The molecule has 1 amide bonds. The number of nitrogens with zero attached hydrogens (tertiary/aromatic N) is 1. The van der Waals surface area contributed by atoms with E-state index in [2.05, 4.69) is 36.6 Å². The largest absolute Gasteiger partial charge is 0.494 e. The van der Waals surface area contributed by atoms with Gasteiger partial charge in [-0.3, -0.25) is 4.79 Å². The normalized spacial score (nSPS) is 17.4. The monoisotopic (exact) mass is 405 g/mol. The lowest BCUT2D eigenvalue weighted by Gasteiger charge is -2.38. The number of carbonyl (C=O) groups excluding carboxylic acids is 2. The summed E-state index contributed by atoms with van der Waals surface area (Å²) in [5, 5.41) is 0. The van der Waals surface area contributed by atoms with Gasteiger partial charge in [0.25, 0.3) is 5.91 Å². The van der Waals surface area contributed by atoms with E-state index in [0.29, 0.717) is 33.2 Å². The van der Waals surface area contributed by atoms with E-state index in [1.165, 1.54) is 12.0 Å². The highest BCUT2D eigenvalue weighted by Gasteiger charge is 2.38. The average Bonchev–Trinajstić information content (AvgIpc) is 2.36. The fourth-order valence-electron chi connectivity index (χ4n) is 2.06. The lowest BCUT2D eigenvalue weighted by molar-refractivity contribution is -0.149. The Hall–Kier alpha value is -1.08. The van der Waals surface area contributed by atoms with E-state index in [1.807, 2.05) is 0 Å². The first kappa shape index (κ1) is 15.3. The van der Waals surface area contributed by atoms with Gasteiger partial charge in [-0.25, -0.2) is 4.79 Å². The zero-order valence-corrected chi connectivity index (χ0v) is 14.2. The Morgan fingerprint density at radius 3 is 2.25 bits per heavy atom. The molecule has 0 spiro atoms. The predicted molar refractivity (Wildman–Crippen MR) is 79.9 cm³/mol. The number of rotatable bonds is 3. The molecule has 0 radical (unpaired) electrons. The molecular formula is C13H13Br2NO4. The van der Waals surface area contributed by atoms with Gasteiger partial charge in [0, 0.05) is 12.1 Å². The van der Waals surface area contributed by atoms with Gasteiger partial charge in [-0.05, 0) is 50.4 Å². The minimum absolute atomic E-state index is 0.198. The van der Waals surface area contributed by atoms with E-state index in [0.717, 1.165) is 0 Å². The van der Waals surface area contributed by atoms with Crippen molar-refractivity contribution in [1.29, 1.82) is 0 Å². The molecule has 1 fully saturated rings. The van der Waals surface area contributed by atoms with Crippen LogP contribution in [0.25, 0.3) is 0 Å². The molecule has 1 unspecified atom stereocenters. The number of amides is 1. The lowest BCUT2D eigenvalue weighted by Crippen LogP contribution is -2.55. The van der Waals surface area contributed by atoms with Crippen LogP contribution in [0.1, 0.15) is 16.8 Å². The third-order valence-corrected chi connectivity index (χ3v) is 4.38. The number of likely N-dealkylation sites (tertiary alicyclic amines) is 1. The lowest BCUT2D eigenvalue weighted by atomic mass is 10.0. The molecule has 1 saturated heterocycles. The minimum atomic E-state index is -0.479. The second-order valence-electron chi connectivity index (χ2n) is 4.30. The quantitative estimate of drug-likeness (QED) is 0.724. The number of benzene rings is 1. The summed E-state index contributed by atoms with van der Waals surface area (Å²) in [4.78, 5) is 25.4. The summed E-state index contributed by atoms with van der Waals surface area (Å²) in [6.07, 6.45) is 0.636. The third kappa shape index (κ3) is 2.69. The number of hydrogen-bond acceptors (Lipinski definition) is 4. The number of ether oxygens (including phenoxy) is 2. The van der Waals surface area contributed by atoms with Crippen LogP contribution in [-0.2, 0) is 9.53 Å². The molecule has 1 aliphatic rings. The van der Waals surface area contributed by atoms with E-state index in [9.17, 15) is 9.59 Å². The first-order valence-corrected chi connectivity index (χ1v) is 7.50. The molecule has 1 aromatic carbocycles. The maximum absolute atomic E-state index is 12.4. The average molecular weight is 407 g/mol. The highest BCUT2D eigenvalue weighted by molar-refractivity contribution is 9.11. The van der Waals surface area contributed by atoms with Crippen molar-refractivity contribution in [1.82, 2.24) is 4.90 Å². The van der Waals surface area contributed by atoms with Crippen molar-refractivity contribution in [2.24, 2.45) is 0 Å². The van der Waals surface area contributed by atoms with Crippen molar-refractivity contribution in [2.45, 2.75) is 12.5 Å². The maximum atomic E-state index is 12.4. The van der Waals surface area contributed by atoms with Crippen LogP contribution in [0.2, 0.25) is 0 Å². The summed E-state index contributed by atoms with van der Waals surface area (Å²) in [6.45, 7) is 0.555. The second-order valence-corrected chi connectivity index (χ2v) is 6.01. The SMILES string of the molecule is COC(=O)C1CCN1C(=O)c1cc(Br)c(OC)c(Br)c1. The number of esters is 1. The summed E-state index contributed by atoms with van der Waals surface area (Å²) >= 11 is 6.71. The molecule has 0 N–H and O–H groups in total. The fourth-order valence-corrected chi connectivity index (χ4v) is 3.57. The Bertz CT molecular complexity index is 538. The highest BCUT2D eigenvalue weighted by atomic mass is 79.9. The van der Waals surface area contributed by atoms with Gasteiger partial charge < -0.3 is 14.4 Å². The minimum Gasteiger partial charge on any atom is -0.494 e. The molecule has 1 aliphatic heterocycles. The van der Waals surface area contributed by atoms with Gasteiger partial charge in [0.1, 0.15) is 11.8 Å². The number of carbonyl (C=O) groups is 2. The maximum Gasteiger partial charge on any atom is 0.328 e. The van der Waals surface area contributed by atoms with Gasteiger partial charge in [0.15, 0.2) is 0 Å². The molecule has 0 bridgehead atoms. The van der Waals surface area contributed by atoms with Gasteiger partial charge in [-0.2, -0.15) is 0 Å². The molecule has 108 valence electrons. The van der Waals surface area contributed by atoms with Crippen LogP contribution in [0, 0.1) is 0 Å². The summed E-state index contributed by atoms with van der Waals surface area (Å²) in [7, 11) is 2.87. The Morgan fingerprint density at radius 1 is 1.25 bits per heavy atom. The molecule has 5 nitrogen and oxygen atoms in total. The summed E-state index contributed by atoms with van der Waals surface area (Å²) in [5.74, 6) is 0.0432. The Kier molecular flexibility index (Phi) is 4.70. The van der Waals surface area contributed by atoms with Gasteiger partial charge in [-0.1, -0.05) is 0 Å². The van der Waals surface area contributed by atoms with Gasteiger partial charge in [0.2, 0.25) is 0 Å². The topological polar surface area (TPSA) is 55.8 Å². The van der Waals surface area contributed by atoms with Gasteiger partial charge in [-0.15, -0.1) is 0 Å². The molecule has 0 aliphatic carbocycles. The number of methoxy groups -OCH3 is 2. The van der Waals surface area contributed by atoms with Gasteiger partial charge in [0.05, 0.1) is 23.2 Å². The van der Waals surface area contributed by atoms with E-state index in [-0.39, 0.29) is 11.9 Å². The molecule has 0 aromatic heterocycles. The molecular weight excluding hydrogens is 394 g/mol. The molecule has 1 heterocycles. The van der Waals surface area contributed by atoms with Crippen LogP contribution in [0.4, 0.5) is 0 Å². The Labute approximate surface area is 133 Å². The molecule has 1 aromatic rings. The number of halogens is 2. The van der Waals surface area contributed by atoms with Crippen molar-refractivity contribution in [3.8, 4) is 5.75 Å². The summed E-state index contributed by atoms with van der Waals surface area (Å²) in [6, 6.07) is 2.88.